The van der Waals surface area contributed by atoms with E-state index in [9.17, 15) is 13.2 Å². The molecule has 1 heterocycles. The Labute approximate surface area is 151 Å². The summed E-state index contributed by atoms with van der Waals surface area (Å²) in [6.45, 7) is 9.10. The summed E-state index contributed by atoms with van der Waals surface area (Å²) in [5, 5.41) is 5.93. The molecule has 0 radical (unpaired) electrons. The molecular weight excluding hydrogens is 338 g/mol. The van der Waals surface area contributed by atoms with Gasteiger partial charge in [0.05, 0.1) is 11.4 Å². The molecule has 1 saturated heterocycles. The molecule has 0 atom stereocenters. The number of hydrogen-bond acceptors (Lipinski definition) is 4. The van der Waals surface area contributed by atoms with Crippen molar-refractivity contribution in [3.63, 3.8) is 0 Å². The van der Waals surface area contributed by atoms with E-state index in [0.29, 0.717) is 18.8 Å². The van der Waals surface area contributed by atoms with Crippen LogP contribution in [0.3, 0.4) is 0 Å². The highest BCUT2D eigenvalue weighted by molar-refractivity contribution is 7.89. The van der Waals surface area contributed by atoms with E-state index in [1.807, 2.05) is 27.7 Å². The Morgan fingerprint density at radius 2 is 1.80 bits per heavy atom. The van der Waals surface area contributed by atoms with Crippen LogP contribution in [0.25, 0.3) is 0 Å². The zero-order valence-corrected chi connectivity index (χ0v) is 16.4. The number of anilines is 1. The van der Waals surface area contributed by atoms with Crippen molar-refractivity contribution < 1.29 is 13.2 Å². The van der Waals surface area contributed by atoms with Gasteiger partial charge in [-0.1, -0.05) is 12.5 Å². The van der Waals surface area contributed by atoms with E-state index in [2.05, 4.69) is 10.6 Å². The molecule has 0 unspecified atom stereocenters. The molecule has 0 aliphatic carbocycles. The van der Waals surface area contributed by atoms with Gasteiger partial charge in [-0.25, -0.2) is 8.42 Å². The highest BCUT2D eigenvalue weighted by Crippen LogP contribution is 2.25. The number of hydrogen-bond donors (Lipinski definition) is 2. The van der Waals surface area contributed by atoms with Crippen LogP contribution in [0.15, 0.2) is 23.1 Å². The fourth-order valence-corrected chi connectivity index (χ4v) is 4.23. The first-order valence-corrected chi connectivity index (χ1v) is 10.2. The number of rotatable bonds is 5. The number of carbonyl (C=O) groups excluding carboxylic acids is 1. The molecule has 1 aliphatic heterocycles. The summed E-state index contributed by atoms with van der Waals surface area (Å²) in [4.78, 5) is 12.4. The van der Waals surface area contributed by atoms with Crippen LogP contribution in [0, 0.1) is 6.92 Å². The summed E-state index contributed by atoms with van der Waals surface area (Å²) in [5.41, 5.74) is 1.21. The van der Waals surface area contributed by atoms with E-state index in [1.54, 1.807) is 18.2 Å². The fourth-order valence-electron chi connectivity index (χ4n) is 2.69. The van der Waals surface area contributed by atoms with Crippen LogP contribution in [0.2, 0.25) is 0 Å². The van der Waals surface area contributed by atoms with Gasteiger partial charge in [0.1, 0.15) is 0 Å². The lowest BCUT2D eigenvalue weighted by Crippen LogP contribution is -2.41. The van der Waals surface area contributed by atoms with Crippen LogP contribution in [0.4, 0.5) is 5.69 Å². The average Bonchev–Trinajstić information content (AvgIpc) is 2.55. The van der Waals surface area contributed by atoms with Crippen molar-refractivity contribution in [1.29, 1.82) is 0 Å². The zero-order valence-electron chi connectivity index (χ0n) is 15.6. The molecule has 1 fully saturated rings. The van der Waals surface area contributed by atoms with Crippen molar-refractivity contribution in [2.45, 2.75) is 57.4 Å². The minimum atomic E-state index is -3.51. The Morgan fingerprint density at radius 3 is 2.40 bits per heavy atom. The molecule has 0 aromatic heterocycles. The number of piperidine rings is 1. The highest BCUT2D eigenvalue weighted by atomic mass is 32.2. The van der Waals surface area contributed by atoms with Gasteiger partial charge in [0.2, 0.25) is 15.9 Å². The monoisotopic (exact) mass is 367 g/mol. The first-order valence-electron chi connectivity index (χ1n) is 8.75. The number of sulfonamides is 1. The molecule has 2 rings (SSSR count). The molecule has 0 saturated carbocycles. The molecule has 25 heavy (non-hydrogen) atoms. The molecule has 140 valence electrons. The van der Waals surface area contributed by atoms with Gasteiger partial charge in [0, 0.05) is 24.3 Å². The van der Waals surface area contributed by atoms with Crippen LogP contribution in [-0.2, 0) is 14.8 Å². The molecule has 6 nitrogen and oxygen atoms in total. The lowest BCUT2D eigenvalue weighted by atomic mass is 10.1. The maximum absolute atomic E-state index is 12.8. The minimum absolute atomic E-state index is 0.161. The van der Waals surface area contributed by atoms with Crippen molar-refractivity contribution in [3.8, 4) is 0 Å². The summed E-state index contributed by atoms with van der Waals surface area (Å²) in [6.07, 6.45) is 2.86. The van der Waals surface area contributed by atoms with Gasteiger partial charge in [-0.2, -0.15) is 4.31 Å². The molecule has 1 aromatic rings. The van der Waals surface area contributed by atoms with E-state index in [0.717, 1.165) is 24.8 Å². The van der Waals surface area contributed by atoms with Gasteiger partial charge in [-0.15, -0.1) is 0 Å². The van der Waals surface area contributed by atoms with Crippen molar-refractivity contribution in [2.24, 2.45) is 0 Å². The van der Waals surface area contributed by atoms with Gasteiger partial charge < -0.3 is 10.6 Å². The molecule has 1 amide bonds. The zero-order chi connectivity index (χ0) is 18.7. The average molecular weight is 368 g/mol. The molecule has 2 N–H and O–H groups in total. The number of nitrogens with one attached hydrogen (secondary N) is 2. The Kier molecular flexibility index (Phi) is 6.24. The van der Waals surface area contributed by atoms with Crippen molar-refractivity contribution in [2.75, 3.05) is 25.0 Å². The molecule has 1 aliphatic rings. The molecule has 0 spiro atoms. The van der Waals surface area contributed by atoms with E-state index in [-0.39, 0.29) is 22.9 Å². The van der Waals surface area contributed by atoms with Crippen molar-refractivity contribution >= 4 is 21.6 Å². The van der Waals surface area contributed by atoms with E-state index in [1.165, 1.54) is 4.31 Å². The summed E-state index contributed by atoms with van der Waals surface area (Å²) in [5.74, 6) is -0.189. The van der Waals surface area contributed by atoms with Crippen LogP contribution >= 0.6 is 0 Å². The molecular formula is C18H29N3O3S. The second-order valence-corrected chi connectivity index (χ2v) is 9.53. The smallest absolute Gasteiger partial charge is 0.243 e. The van der Waals surface area contributed by atoms with E-state index < -0.39 is 10.0 Å². The highest BCUT2D eigenvalue weighted by Gasteiger charge is 2.26. The Hall–Kier alpha value is -1.44. The summed E-state index contributed by atoms with van der Waals surface area (Å²) in [6, 6.07) is 4.92. The van der Waals surface area contributed by atoms with E-state index >= 15 is 0 Å². The number of aryl methyl sites for hydroxylation is 1. The first kappa shape index (κ1) is 19.9. The number of nitrogens with zero attached hydrogens (tertiary/aromatic N) is 1. The first-order chi connectivity index (χ1) is 11.6. The topological polar surface area (TPSA) is 78.5 Å². The van der Waals surface area contributed by atoms with Crippen LogP contribution in [0.1, 0.15) is 45.6 Å². The quantitative estimate of drug-likeness (QED) is 0.838. The van der Waals surface area contributed by atoms with Gasteiger partial charge in [0.15, 0.2) is 0 Å². The van der Waals surface area contributed by atoms with Crippen molar-refractivity contribution in [3.05, 3.63) is 23.8 Å². The number of carbonyl (C=O) groups is 1. The maximum Gasteiger partial charge on any atom is 0.243 e. The SMILES string of the molecule is Cc1ccc(S(=O)(=O)N2CCCCC2)cc1NC(=O)CNC(C)(C)C. The number of amides is 1. The third-order valence-electron chi connectivity index (χ3n) is 4.22. The Bertz CT molecular complexity index is 718. The maximum atomic E-state index is 12.8. The third-order valence-corrected chi connectivity index (χ3v) is 6.11. The van der Waals surface area contributed by atoms with Gasteiger partial charge >= 0.3 is 0 Å². The van der Waals surface area contributed by atoms with Gasteiger partial charge in [0.25, 0.3) is 0 Å². The molecule has 1 aromatic carbocycles. The summed E-state index contributed by atoms with van der Waals surface area (Å²) < 4.78 is 27.1. The normalized spacial score (nSPS) is 16.6. The Balaban J connectivity index is 2.15. The van der Waals surface area contributed by atoms with Crippen LogP contribution in [-0.4, -0.2) is 43.8 Å². The summed E-state index contributed by atoms with van der Waals surface area (Å²) >= 11 is 0. The fraction of sp³-hybridized carbons (Fsp3) is 0.611. The summed E-state index contributed by atoms with van der Waals surface area (Å²) in [7, 11) is -3.51. The number of benzene rings is 1. The standard InChI is InChI=1S/C18H29N3O3S/c1-14-8-9-15(25(23,24)21-10-6-5-7-11-21)12-16(14)20-17(22)13-19-18(2,3)4/h8-9,12,19H,5-7,10-11,13H2,1-4H3,(H,20,22). The molecule has 0 bridgehead atoms. The second kappa shape index (κ2) is 7.85. The predicted octanol–water partition coefficient (Wildman–Crippen LogP) is 2.50. The minimum Gasteiger partial charge on any atom is -0.325 e. The lowest BCUT2D eigenvalue weighted by molar-refractivity contribution is -0.115. The Morgan fingerprint density at radius 1 is 1.16 bits per heavy atom. The second-order valence-electron chi connectivity index (χ2n) is 7.59. The largest absolute Gasteiger partial charge is 0.325 e. The van der Waals surface area contributed by atoms with E-state index in [4.69, 9.17) is 0 Å². The van der Waals surface area contributed by atoms with Crippen molar-refractivity contribution in [1.82, 2.24) is 9.62 Å². The van der Waals surface area contributed by atoms with Gasteiger partial charge in [-0.05, 0) is 58.2 Å². The third kappa shape index (κ3) is 5.52. The van der Waals surface area contributed by atoms with Crippen LogP contribution in [0.5, 0.6) is 0 Å². The van der Waals surface area contributed by atoms with Gasteiger partial charge in [-0.3, -0.25) is 4.79 Å². The lowest BCUT2D eigenvalue weighted by Gasteiger charge is -2.26. The predicted molar refractivity (Wildman–Crippen MR) is 100 cm³/mol. The molecule has 7 heteroatoms. The van der Waals surface area contributed by atoms with Crippen LogP contribution < -0.4 is 10.6 Å².